The molecule has 0 aromatic heterocycles. The van der Waals surface area contributed by atoms with Crippen LogP contribution in [0.1, 0.15) is 26.2 Å². The number of hydrogen-bond donors (Lipinski definition) is 1. The molecule has 72 valence electrons. The predicted octanol–water partition coefficient (Wildman–Crippen LogP) is 1.89. The Labute approximate surface area is 72.5 Å². The summed E-state index contributed by atoms with van der Waals surface area (Å²) in [5, 5.41) is 8.09. The standard InChI is InChI=1S/C8H16O4/c1-2-3-5-11-6-4-7-12-8(9)10/h2-7H2,1H3,(H,9,10). The minimum atomic E-state index is -1.22. The summed E-state index contributed by atoms with van der Waals surface area (Å²) in [7, 11) is 0. The van der Waals surface area contributed by atoms with Crippen molar-refractivity contribution in [2.24, 2.45) is 0 Å². The van der Waals surface area contributed by atoms with E-state index in [0.29, 0.717) is 13.0 Å². The molecule has 0 rings (SSSR count). The molecule has 0 aromatic carbocycles. The van der Waals surface area contributed by atoms with Crippen LogP contribution in [0.2, 0.25) is 0 Å². The minimum Gasteiger partial charge on any atom is -0.450 e. The van der Waals surface area contributed by atoms with Crippen molar-refractivity contribution in [2.75, 3.05) is 19.8 Å². The van der Waals surface area contributed by atoms with Gasteiger partial charge >= 0.3 is 6.16 Å². The molecule has 0 bridgehead atoms. The Morgan fingerprint density at radius 3 is 2.50 bits per heavy atom. The molecule has 0 aliphatic heterocycles. The summed E-state index contributed by atoms with van der Waals surface area (Å²) in [4.78, 5) is 9.87. The molecule has 0 heterocycles. The second-order valence-electron chi connectivity index (χ2n) is 2.43. The van der Waals surface area contributed by atoms with E-state index in [9.17, 15) is 4.79 Å². The van der Waals surface area contributed by atoms with Crippen LogP contribution in [-0.2, 0) is 9.47 Å². The van der Waals surface area contributed by atoms with Gasteiger partial charge in [-0.15, -0.1) is 0 Å². The van der Waals surface area contributed by atoms with E-state index >= 15 is 0 Å². The van der Waals surface area contributed by atoms with Crippen LogP contribution >= 0.6 is 0 Å². The highest BCUT2D eigenvalue weighted by Crippen LogP contribution is 1.90. The first-order chi connectivity index (χ1) is 5.77. The van der Waals surface area contributed by atoms with Crippen LogP contribution in [0.3, 0.4) is 0 Å². The lowest BCUT2D eigenvalue weighted by atomic mass is 10.4. The van der Waals surface area contributed by atoms with Gasteiger partial charge in [0.2, 0.25) is 0 Å². The quantitative estimate of drug-likeness (QED) is 0.475. The molecule has 0 aromatic rings. The lowest BCUT2D eigenvalue weighted by Crippen LogP contribution is -2.05. The van der Waals surface area contributed by atoms with Crippen molar-refractivity contribution in [3.63, 3.8) is 0 Å². The van der Waals surface area contributed by atoms with Gasteiger partial charge in [-0.1, -0.05) is 13.3 Å². The number of unbranched alkanes of at least 4 members (excludes halogenated alkanes) is 1. The molecule has 0 radical (unpaired) electrons. The lowest BCUT2D eigenvalue weighted by molar-refractivity contribution is 0.0719. The van der Waals surface area contributed by atoms with Crippen LogP contribution in [0.5, 0.6) is 0 Å². The summed E-state index contributed by atoms with van der Waals surface area (Å²) in [6, 6.07) is 0. The van der Waals surface area contributed by atoms with Crippen molar-refractivity contribution in [1.82, 2.24) is 0 Å². The third-order valence-electron chi connectivity index (χ3n) is 1.30. The molecule has 0 spiro atoms. The van der Waals surface area contributed by atoms with Gasteiger partial charge in [0.1, 0.15) is 0 Å². The maximum atomic E-state index is 9.87. The molecule has 12 heavy (non-hydrogen) atoms. The van der Waals surface area contributed by atoms with E-state index in [0.717, 1.165) is 19.4 Å². The van der Waals surface area contributed by atoms with Crippen LogP contribution in [0.4, 0.5) is 4.79 Å². The molecule has 0 unspecified atom stereocenters. The van der Waals surface area contributed by atoms with Gasteiger partial charge in [0.25, 0.3) is 0 Å². The minimum absolute atomic E-state index is 0.224. The normalized spacial score (nSPS) is 9.75. The first-order valence-corrected chi connectivity index (χ1v) is 4.20. The molecule has 0 atom stereocenters. The molecular formula is C8H16O4. The van der Waals surface area contributed by atoms with Crippen molar-refractivity contribution >= 4 is 6.16 Å². The van der Waals surface area contributed by atoms with Gasteiger partial charge in [-0.05, 0) is 6.42 Å². The van der Waals surface area contributed by atoms with Crippen LogP contribution in [-0.4, -0.2) is 31.1 Å². The van der Waals surface area contributed by atoms with E-state index in [1.54, 1.807) is 0 Å². The predicted molar refractivity (Wildman–Crippen MR) is 44.3 cm³/mol. The molecule has 0 fully saturated rings. The van der Waals surface area contributed by atoms with Gasteiger partial charge in [0, 0.05) is 19.6 Å². The average Bonchev–Trinajstić information content (AvgIpc) is 2.02. The Hall–Kier alpha value is -0.770. The molecule has 0 aliphatic rings. The highest BCUT2D eigenvalue weighted by Gasteiger charge is 1.94. The second kappa shape index (κ2) is 8.33. The summed E-state index contributed by atoms with van der Waals surface area (Å²) in [5.41, 5.74) is 0. The van der Waals surface area contributed by atoms with Gasteiger partial charge in [0.15, 0.2) is 0 Å². The summed E-state index contributed by atoms with van der Waals surface area (Å²) in [6.45, 7) is 3.65. The molecular weight excluding hydrogens is 160 g/mol. The summed E-state index contributed by atoms with van der Waals surface area (Å²) < 4.78 is 9.47. The molecule has 0 saturated heterocycles. The van der Waals surface area contributed by atoms with Crippen molar-refractivity contribution in [3.05, 3.63) is 0 Å². The van der Waals surface area contributed by atoms with E-state index < -0.39 is 6.16 Å². The van der Waals surface area contributed by atoms with Crippen molar-refractivity contribution in [2.45, 2.75) is 26.2 Å². The van der Waals surface area contributed by atoms with E-state index in [1.165, 1.54) is 0 Å². The molecule has 4 heteroatoms. The number of ether oxygens (including phenoxy) is 2. The molecule has 0 aliphatic carbocycles. The maximum Gasteiger partial charge on any atom is 0.505 e. The monoisotopic (exact) mass is 176 g/mol. The van der Waals surface area contributed by atoms with Crippen LogP contribution in [0.25, 0.3) is 0 Å². The number of hydrogen-bond acceptors (Lipinski definition) is 3. The zero-order chi connectivity index (χ0) is 9.23. The van der Waals surface area contributed by atoms with E-state index in [2.05, 4.69) is 11.7 Å². The highest BCUT2D eigenvalue weighted by atomic mass is 16.7. The lowest BCUT2D eigenvalue weighted by Gasteiger charge is -2.02. The van der Waals surface area contributed by atoms with Crippen LogP contribution in [0, 0.1) is 0 Å². The Morgan fingerprint density at radius 2 is 1.92 bits per heavy atom. The van der Waals surface area contributed by atoms with E-state index in [1.807, 2.05) is 0 Å². The van der Waals surface area contributed by atoms with E-state index in [4.69, 9.17) is 9.84 Å². The Kier molecular flexibility index (Phi) is 7.79. The fourth-order valence-electron chi connectivity index (χ4n) is 0.669. The summed E-state index contributed by atoms with van der Waals surface area (Å²) >= 11 is 0. The zero-order valence-corrected chi connectivity index (χ0v) is 7.41. The molecule has 4 nitrogen and oxygen atoms in total. The zero-order valence-electron chi connectivity index (χ0n) is 7.41. The maximum absolute atomic E-state index is 9.87. The topological polar surface area (TPSA) is 55.8 Å². The number of carboxylic acid groups (broad SMARTS) is 1. The smallest absolute Gasteiger partial charge is 0.450 e. The largest absolute Gasteiger partial charge is 0.505 e. The van der Waals surface area contributed by atoms with Gasteiger partial charge in [-0.3, -0.25) is 0 Å². The van der Waals surface area contributed by atoms with Gasteiger partial charge in [-0.25, -0.2) is 4.79 Å². The van der Waals surface area contributed by atoms with Crippen molar-refractivity contribution in [3.8, 4) is 0 Å². The Bertz CT molecular complexity index is 114. The molecule has 0 amide bonds. The third-order valence-corrected chi connectivity index (χ3v) is 1.30. The number of rotatable bonds is 7. The van der Waals surface area contributed by atoms with Gasteiger partial charge < -0.3 is 14.6 Å². The SMILES string of the molecule is CCCCOCCCOC(=O)O. The first kappa shape index (κ1) is 11.2. The second-order valence-corrected chi connectivity index (χ2v) is 2.43. The van der Waals surface area contributed by atoms with Crippen LogP contribution < -0.4 is 0 Å². The van der Waals surface area contributed by atoms with Crippen LogP contribution in [0.15, 0.2) is 0 Å². The molecule has 0 saturated carbocycles. The third kappa shape index (κ3) is 9.23. The Morgan fingerprint density at radius 1 is 1.25 bits per heavy atom. The number of carbonyl (C=O) groups is 1. The van der Waals surface area contributed by atoms with E-state index in [-0.39, 0.29) is 6.61 Å². The highest BCUT2D eigenvalue weighted by molar-refractivity contribution is 5.56. The summed E-state index contributed by atoms with van der Waals surface area (Å²) in [5.74, 6) is 0. The molecule has 1 N–H and O–H groups in total. The fraction of sp³-hybridized carbons (Fsp3) is 0.875. The van der Waals surface area contributed by atoms with Crippen molar-refractivity contribution < 1.29 is 19.4 Å². The first-order valence-electron chi connectivity index (χ1n) is 4.20. The van der Waals surface area contributed by atoms with Crippen molar-refractivity contribution in [1.29, 1.82) is 0 Å². The van der Waals surface area contributed by atoms with Gasteiger partial charge in [-0.2, -0.15) is 0 Å². The fourth-order valence-corrected chi connectivity index (χ4v) is 0.669. The van der Waals surface area contributed by atoms with Gasteiger partial charge in [0.05, 0.1) is 6.61 Å². The Balaban J connectivity index is 2.86. The average molecular weight is 176 g/mol. The summed E-state index contributed by atoms with van der Waals surface area (Å²) in [6.07, 6.45) is 1.59.